The molecule has 0 saturated carbocycles. The molecule has 0 bridgehead atoms. The molecule has 1 aromatic rings. The lowest BCUT2D eigenvalue weighted by Crippen LogP contribution is -2.51. The number of hydrogen-bond acceptors (Lipinski definition) is 5. The van der Waals surface area contributed by atoms with Crippen molar-refractivity contribution in [3.8, 4) is 0 Å². The largest absolute Gasteiger partial charge is 0.355 e. The summed E-state index contributed by atoms with van der Waals surface area (Å²) in [5.41, 5.74) is 1.04. The molecule has 8 nitrogen and oxygen atoms in total. The van der Waals surface area contributed by atoms with Crippen molar-refractivity contribution in [3.05, 3.63) is 29.8 Å². The molecule has 148 valence electrons. The van der Waals surface area contributed by atoms with E-state index in [1.807, 2.05) is 11.8 Å². The van der Waals surface area contributed by atoms with Gasteiger partial charge in [0.15, 0.2) is 0 Å². The van der Waals surface area contributed by atoms with Crippen molar-refractivity contribution in [2.24, 2.45) is 0 Å². The fourth-order valence-electron chi connectivity index (χ4n) is 3.47. The van der Waals surface area contributed by atoms with Crippen molar-refractivity contribution in [1.82, 2.24) is 15.1 Å². The predicted octanol–water partition coefficient (Wildman–Crippen LogP) is 0.120. The summed E-state index contributed by atoms with van der Waals surface area (Å²) >= 11 is 0. The van der Waals surface area contributed by atoms with Gasteiger partial charge in [0.1, 0.15) is 0 Å². The number of sulfonamides is 1. The molecule has 2 aliphatic rings. The van der Waals surface area contributed by atoms with Crippen LogP contribution >= 0.6 is 0 Å². The lowest BCUT2D eigenvalue weighted by molar-refractivity contribution is -0.122. The maximum Gasteiger partial charge on any atom is 0.254 e. The summed E-state index contributed by atoms with van der Waals surface area (Å²) in [5.74, 6) is 0.0431. The molecular weight excluding hydrogens is 368 g/mol. The van der Waals surface area contributed by atoms with Crippen LogP contribution in [0.5, 0.6) is 0 Å². The summed E-state index contributed by atoms with van der Waals surface area (Å²) in [6.45, 7) is 5.67. The highest BCUT2D eigenvalue weighted by atomic mass is 32.2. The Kier molecular flexibility index (Phi) is 6.01. The summed E-state index contributed by atoms with van der Waals surface area (Å²) in [6.07, 6.45) is 0.605. The molecule has 0 spiro atoms. The minimum absolute atomic E-state index is 0.00296. The van der Waals surface area contributed by atoms with Gasteiger partial charge in [-0.15, -0.1) is 0 Å². The molecule has 2 amide bonds. The van der Waals surface area contributed by atoms with Crippen molar-refractivity contribution in [3.63, 3.8) is 0 Å². The Morgan fingerprint density at radius 3 is 2.48 bits per heavy atom. The number of hydrogen-bond donors (Lipinski definition) is 1. The van der Waals surface area contributed by atoms with Gasteiger partial charge in [-0.1, -0.05) is 6.07 Å². The Bertz CT molecular complexity index is 803. The lowest BCUT2D eigenvalue weighted by atomic mass is 10.1. The fraction of sp³-hybridized carbons (Fsp3) is 0.556. The van der Waals surface area contributed by atoms with Crippen LogP contribution in [0.2, 0.25) is 0 Å². The molecular formula is C18H26N4O4S. The van der Waals surface area contributed by atoms with E-state index in [9.17, 15) is 18.0 Å². The second kappa shape index (κ2) is 8.26. The zero-order valence-corrected chi connectivity index (χ0v) is 16.4. The Morgan fingerprint density at radius 1 is 1.11 bits per heavy atom. The van der Waals surface area contributed by atoms with E-state index in [0.29, 0.717) is 63.5 Å². The molecule has 0 aromatic heterocycles. The number of anilines is 1. The van der Waals surface area contributed by atoms with Crippen LogP contribution in [0.4, 0.5) is 5.69 Å². The van der Waals surface area contributed by atoms with Crippen LogP contribution in [0.1, 0.15) is 23.7 Å². The van der Waals surface area contributed by atoms with Gasteiger partial charge in [-0.05, 0) is 31.5 Å². The highest BCUT2D eigenvalue weighted by molar-refractivity contribution is 7.93. The molecule has 27 heavy (non-hydrogen) atoms. The van der Waals surface area contributed by atoms with Crippen molar-refractivity contribution in [2.75, 3.05) is 55.9 Å². The number of benzene rings is 1. The van der Waals surface area contributed by atoms with E-state index in [0.717, 1.165) is 0 Å². The topological polar surface area (TPSA) is 90.0 Å². The monoisotopic (exact) mass is 394 g/mol. The lowest BCUT2D eigenvalue weighted by Gasteiger charge is -2.34. The Hall–Kier alpha value is -2.13. The summed E-state index contributed by atoms with van der Waals surface area (Å²) in [7, 11) is -3.27. The van der Waals surface area contributed by atoms with Gasteiger partial charge in [-0.3, -0.25) is 18.8 Å². The van der Waals surface area contributed by atoms with Gasteiger partial charge >= 0.3 is 0 Å². The average molecular weight is 394 g/mol. The average Bonchev–Trinajstić information content (AvgIpc) is 3.01. The van der Waals surface area contributed by atoms with E-state index in [1.54, 1.807) is 29.2 Å². The Morgan fingerprint density at radius 2 is 1.85 bits per heavy atom. The third kappa shape index (κ3) is 4.59. The second-order valence-corrected chi connectivity index (χ2v) is 8.83. The minimum atomic E-state index is -3.27. The molecule has 2 saturated heterocycles. The van der Waals surface area contributed by atoms with E-state index >= 15 is 0 Å². The number of rotatable bonds is 5. The smallest absolute Gasteiger partial charge is 0.254 e. The molecule has 0 aliphatic carbocycles. The zero-order chi connectivity index (χ0) is 19.4. The van der Waals surface area contributed by atoms with E-state index < -0.39 is 10.0 Å². The molecule has 0 atom stereocenters. The SMILES string of the molecule is CCNC(=O)CN1CCN(C(=O)c2cccc(N3CCCS3(=O)=O)c2)CC1. The first kappa shape index (κ1) is 19.6. The molecule has 1 N–H and O–H groups in total. The van der Waals surface area contributed by atoms with Crippen LogP contribution in [0.25, 0.3) is 0 Å². The van der Waals surface area contributed by atoms with E-state index in [1.165, 1.54) is 4.31 Å². The van der Waals surface area contributed by atoms with E-state index in [2.05, 4.69) is 5.32 Å². The number of carbonyl (C=O) groups excluding carboxylic acids is 2. The summed E-state index contributed by atoms with van der Waals surface area (Å²) in [5, 5.41) is 2.78. The van der Waals surface area contributed by atoms with Crippen LogP contribution in [0.15, 0.2) is 24.3 Å². The first-order chi connectivity index (χ1) is 12.9. The number of carbonyl (C=O) groups is 2. The van der Waals surface area contributed by atoms with E-state index in [-0.39, 0.29) is 17.6 Å². The van der Waals surface area contributed by atoms with Crippen molar-refractivity contribution in [1.29, 1.82) is 0 Å². The predicted molar refractivity (Wildman–Crippen MR) is 103 cm³/mol. The molecule has 2 fully saturated rings. The Labute approximate surface area is 160 Å². The highest BCUT2D eigenvalue weighted by Crippen LogP contribution is 2.25. The van der Waals surface area contributed by atoms with Crippen LogP contribution in [0.3, 0.4) is 0 Å². The molecule has 9 heteroatoms. The molecule has 0 unspecified atom stereocenters. The molecule has 0 radical (unpaired) electrons. The van der Waals surface area contributed by atoms with Gasteiger partial charge < -0.3 is 10.2 Å². The summed E-state index contributed by atoms with van der Waals surface area (Å²) in [4.78, 5) is 28.3. The van der Waals surface area contributed by atoms with Gasteiger partial charge in [0, 0.05) is 44.8 Å². The van der Waals surface area contributed by atoms with Crippen LogP contribution in [-0.4, -0.2) is 81.6 Å². The van der Waals surface area contributed by atoms with Gasteiger partial charge in [-0.25, -0.2) is 8.42 Å². The number of amides is 2. The van der Waals surface area contributed by atoms with Gasteiger partial charge in [-0.2, -0.15) is 0 Å². The second-order valence-electron chi connectivity index (χ2n) is 6.81. The van der Waals surface area contributed by atoms with E-state index in [4.69, 9.17) is 0 Å². The highest BCUT2D eigenvalue weighted by Gasteiger charge is 2.29. The maximum atomic E-state index is 12.8. The molecule has 2 aliphatic heterocycles. The quantitative estimate of drug-likeness (QED) is 0.766. The summed E-state index contributed by atoms with van der Waals surface area (Å²) < 4.78 is 25.6. The van der Waals surface area contributed by atoms with Gasteiger partial charge in [0.25, 0.3) is 5.91 Å². The van der Waals surface area contributed by atoms with Crippen molar-refractivity contribution < 1.29 is 18.0 Å². The first-order valence-corrected chi connectivity index (χ1v) is 10.9. The first-order valence-electron chi connectivity index (χ1n) is 9.29. The number of likely N-dealkylation sites (N-methyl/N-ethyl adjacent to an activating group) is 1. The fourth-order valence-corrected chi connectivity index (χ4v) is 5.03. The Balaban J connectivity index is 1.62. The zero-order valence-electron chi connectivity index (χ0n) is 15.6. The number of piperazine rings is 1. The third-order valence-electron chi connectivity index (χ3n) is 4.88. The number of nitrogens with one attached hydrogen (secondary N) is 1. The molecule has 2 heterocycles. The minimum Gasteiger partial charge on any atom is -0.355 e. The summed E-state index contributed by atoms with van der Waals surface area (Å²) in [6, 6.07) is 6.83. The molecule has 3 rings (SSSR count). The maximum absolute atomic E-state index is 12.8. The van der Waals surface area contributed by atoms with Gasteiger partial charge in [0.05, 0.1) is 18.0 Å². The van der Waals surface area contributed by atoms with Crippen molar-refractivity contribution in [2.45, 2.75) is 13.3 Å². The molecule has 1 aromatic carbocycles. The normalized spacial score (nSPS) is 19.9. The standard InChI is InChI=1S/C18H26N4O4S/c1-2-19-17(23)14-20-8-10-21(11-9-20)18(24)15-5-3-6-16(13-15)22-7-4-12-27(22,25)26/h3,5-6,13H,2,4,7-12,14H2,1H3,(H,19,23). The van der Waals surface area contributed by atoms with Crippen LogP contribution in [-0.2, 0) is 14.8 Å². The van der Waals surface area contributed by atoms with Crippen LogP contribution in [0, 0.1) is 0 Å². The van der Waals surface area contributed by atoms with Gasteiger partial charge in [0.2, 0.25) is 15.9 Å². The number of nitrogens with zero attached hydrogens (tertiary/aromatic N) is 3. The van der Waals surface area contributed by atoms with Crippen LogP contribution < -0.4 is 9.62 Å². The van der Waals surface area contributed by atoms with Crippen molar-refractivity contribution >= 4 is 27.5 Å². The third-order valence-corrected chi connectivity index (χ3v) is 6.75.